The van der Waals surface area contributed by atoms with Crippen molar-refractivity contribution in [2.45, 2.75) is 18.6 Å². The van der Waals surface area contributed by atoms with E-state index in [2.05, 4.69) is 20.8 Å². The van der Waals surface area contributed by atoms with Gasteiger partial charge in [0.15, 0.2) is 17.6 Å². The van der Waals surface area contributed by atoms with E-state index in [-0.39, 0.29) is 37.3 Å². The second kappa shape index (κ2) is 15.6. The number of carbonyl (C=O) groups excluding carboxylic acids is 3. The highest BCUT2D eigenvalue weighted by molar-refractivity contribution is 7.99. The van der Waals surface area contributed by atoms with Crippen molar-refractivity contribution in [2.75, 3.05) is 38.5 Å². The molecule has 4 aromatic rings. The fourth-order valence-electron chi connectivity index (χ4n) is 3.86. The Morgan fingerprint density at radius 2 is 1.64 bits per heavy atom. The summed E-state index contributed by atoms with van der Waals surface area (Å²) in [6.07, 6.45) is 0. The lowest BCUT2D eigenvalue weighted by Gasteiger charge is -2.15. The van der Waals surface area contributed by atoms with Crippen molar-refractivity contribution in [3.05, 3.63) is 83.1 Å². The molecule has 0 aliphatic heterocycles. The minimum atomic E-state index is -0.436. The average Bonchev–Trinajstić information content (AvgIpc) is 3.45. The van der Waals surface area contributed by atoms with Gasteiger partial charge in [-0.1, -0.05) is 23.4 Å². The number of anilines is 1. The first-order valence-corrected chi connectivity index (χ1v) is 14.7. The fourth-order valence-corrected chi connectivity index (χ4v) is 4.75. The predicted octanol–water partition coefficient (Wildman–Crippen LogP) is 4.54. The molecule has 0 saturated heterocycles. The van der Waals surface area contributed by atoms with Crippen LogP contribution in [0.3, 0.4) is 0 Å². The van der Waals surface area contributed by atoms with Crippen molar-refractivity contribution < 1.29 is 33.3 Å². The van der Waals surface area contributed by atoms with Crippen molar-refractivity contribution in [1.82, 2.24) is 20.1 Å². The first kappa shape index (κ1) is 32.2. The number of aromatic nitrogens is 3. The third kappa shape index (κ3) is 8.64. The summed E-state index contributed by atoms with van der Waals surface area (Å²) in [5, 5.41) is 15.1. The highest BCUT2D eigenvalue weighted by Crippen LogP contribution is 2.32. The molecule has 0 unspecified atom stereocenters. The molecule has 3 aromatic carbocycles. The smallest absolute Gasteiger partial charge is 0.338 e. The van der Waals surface area contributed by atoms with Gasteiger partial charge in [0, 0.05) is 16.8 Å². The van der Waals surface area contributed by atoms with Crippen LogP contribution in [-0.2, 0) is 20.9 Å². The lowest BCUT2D eigenvalue weighted by Crippen LogP contribution is -2.29. The van der Waals surface area contributed by atoms with E-state index in [9.17, 15) is 14.4 Å². The van der Waals surface area contributed by atoms with Crippen LogP contribution in [0.1, 0.15) is 23.1 Å². The van der Waals surface area contributed by atoms with Gasteiger partial charge in [-0.2, -0.15) is 0 Å². The predicted molar refractivity (Wildman–Crippen MR) is 165 cm³/mol. The number of thioether (sulfide) groups is 1. The van der Waals surface area contributed by atoms with Gasteiger partial charge in [0.25, 0.3) is 5.91 Å². The lowest BCUT2D eigenvalue weighted by molar-refractivity contribution is -0.123. The molecule has 1 heterocycles. The monoisotopic (exact) mass is 639 g/mol. The van der Waals surface area contributed by atoms with Gasteiger partial charge in [0.2, 0.25) is 5.91 Å². The Kier molecular flexibility index (Phi) is 11.4. The number of halogens is 1. The van der Waals surface area contributed by atoms with Crippen LogP contribution in [0.2, 0.25) is 5.02 Å². The molecule has 0 aliphatic carbocycles. The van der Waals surface area contributed by atoms with Crippen molar-refractivity contribution >= 4 is 46.8 Å². The average molecular weight is 640 g/mol. The number of hydrogen-bond donors (Lipinski definition) is 2. The first-order chi connectivity index (χ1) is 21.3. The number of methoxy groups -OCH3 is 2. The van der Waals surface area contributed by atoms with Crippen molar-refractivity contribution in [1.29, 1.82) is 0 Å². The number of benzene rings is 3. The Bertz CT molecular complexity index is 1600. The Morgan fingerprint density at radius 3 is 2.32 bits per heavy atom. The Morgan fingerprint density at radius 1 is 0.909 bits per heavy atom. The van der Waals surface area contributed by atoms with Gasteiger partial charge in [-0.15, -0.1) is 10.2 Å². The molecule has 14 heteroatoms. The number of amides is 2. The second-order valence-electron chi connectivity index (χ2n) is 8.93. The highest BCUT2D eigenvalue weighted by atomic mass is 35.5. The van der Waals surface area contributed by atoms with Crippen molar-refractivity contribution in [3.63, 3.8) is 0 Å². The molecule has 0 fully saturated rings. The molecule has 0 saturated carbocycles. The Labute approximate surface area is 263 Å². The molecular formula is C30H30ClN5O7S. The second-order valence-corrected chi connectivity index (χ2v) is 10.3. The van der Waals surface area contributed by atoms with E-state index in [1.165, 1.54) is 7.11 Å². The van der Waals surface area contributed by atoms with E-state index < -0.39 is 5.97 Å². The van der Waals surface area contributed by atoms with Crippen molar-refractivity contribution in [2.24, 2.45) is 0 Å². The van der Waals surface area contributed by atoms with E-state index in [1.54, 1.807) is 85.3 Å². The molecule has 1 aromatic heterocycles. The molecule has 0 atom stereocenters. The van der Waals surface area contributed by atoms with Gasteiger partial charge in [0.1, 0.15) is 17.2 Å². The van der Waals surface area contributed by atoms with Gasteiger partial charge >= 0.3 is 5.97 Å². The number of hydrogen-bond acceptors (Lipinski definition) is 10. The highest BCUT2D eigenvalue weighted by Gasteiger charge is 2.20. The summed E-state index contributed by atoms with van der Waals surface area (Å²) in [5.74, 6) is 0.808. The van der Waals surface area contributed by atoms with E-state index in [4.69, 9.17) is 30.5 Å². The zero-order valence-corrected chi connectivity index (χ0v) is 25.7. The third-order valence-corrected chi connectivity index (χ3v) is 7.15. The number of ether oxygens (including phenoxy) is 4. The normalized spacial score (nSPS) is 10.5. The topological polar surface area (TPSA) is 143 Å². The summed E-state index contributed by atoms with van der Waals surface area (Å²) < 4.78 is 23.2. The molecule has 0 aliphatic rings. The summed E-state index contributed by atoms with van der Waals surface area (Å²) in [5.41, 5.74) is 1.45. The zero-order valence-electron chi connectivity index (χ0n) is 24.2. The van der Waals surface area contributed by atoms with Crippen LogP contribution in [0.25, 0.3) is 5.69 Å². The summed E-state index contributed by atoms with van der Waals surface area (Å²) in [7, 11) is 3.07. The maximum absolute atomic E-state index is 12.8. The van der Waals surface area contributed by atoms with Gasteiger partial charge in [0.05, 0.1) is 44.4 Å². The molecule has 0 bridgehead atoms. The van der Waals surface area contributed by atoms with E-state index >= 15 is 0 Å². The molecule has 2 amide bonds. The summed E-state index contributed by atoms with van der Waals surface area (Å²) in [6, 6.07) is 18.3. The van der Waals surface area contributed by atoms with E-state index in [0.29, 0.717) is 50.2 Å². The van der Waals surface area contributed by atoms with Crippen LogP contribution in [-0.4, -0.2) is 65.7 Å². The van der Waals surface area contributed by atoms with Gasteiger partial charge < -0.3 is 29.6 Å². The number of nitrogens with one attached hydrogen (secondary N) is 2. The molecule has 44 heavy (non-hydrogen) atoms. The molecule has 4 rings (SSSR count). The first-order valence-electron chi connectivity index (χ1n) is 13.3. The van der Waals surface area contributed by atoms with E-state index in [0.717, 1.165) is 11.8 Å². The number of esters is 1. The maximum Gasteiger partial charge on any atom is 0.338 e. The van der Waals surface area contributed by atoms with Crippen LogP contribution in [0, 0.1) is 0 Å². The number of carbonyl (C=O) groups is 3. The SMILES string of the molecule is CCOC(=O)c1ccc(NC(=O)CSc2nnc(CNC(=O)COc3ccc(Cl)cc3)n2-c2cc(OC)ccc2OC)cc1. The van der Waals surface area contributed by atoms with Crippen LogP contribution in [0.4, 0.5) is 5.69 Å². The van der Waals surface area contributed by atoms with Crippen LogP contribution < -0.4 is 24.8 Å². The van der Waals surface area contributed by atoms with Crippen LogP contribution >= 0.6 is 23.4 Å². The zero-order chi connectivity index (χ0) is 31.5. The van der Waals surface area contributed by atoms with Crippen LogP contribution in [0.5, 0.6) is 17.2 Å². The van der Waals surface area contributed by atoms with Gasteiger partial charge in [-0.05, 0) is 67.6 Å². The minimum absolute atomic E-state index is 0.00859. The summed E-state index contributed by atoms with van der Waals surface area (Å²) in [4.78, 5) is 37.3. The quantitative estimate of drug-likeness (QED) is 0.149. The molecule has 230 valence electrons. The summed E-state index contributed by atoms with van der Waals surface area (Å²) in [6.45, 7) is 1.79. The third-order valence-electron chi connectivity index (χ3n) is 5.97. The van der Waals surface area contributed by atoms with Crippen LogP contribution in [0.15, 0.2) is 71.9 Å². The molecule has 12 nitrogen and oxygen atoms in total. The standard InChI is InChI=1S/C30H30ClN5O7S/c1-4-42-29(39)19-5-9-21(10-6-19)33-28(38)18-44-30-35-34-26(36(30)24-15-23(40-2)13-14-25(24)41-3)16-32-27(37)17-43-22-11-7-20(31)8-12-22/h5-15H,4,16-18H2,1-3H3,(H,32,37)(H,33,38). The largest absolute Gasteiger partial charge is 0.497 e. The Hall–Kier alpha value is -4.75. The maximum atomic E-state index is 12.8. The molecule has 0 spiro atoms. The van der Waals surface area contributed by atoms with E-state index in [1.807, 2.05) is 0 Å². The fraction of sp³-hybridized carbons (Fsp3) is 0.233. The minimum Gasteiger partial charge on any atom is -0.497 e. The van der Waals surface area contributed by atoms with Crippen molar-refractivity contribution in [3.8, 4) is 22.9 Å². The number of rotatable bonds is 14. The lowest BCUT2D eigenvalue weighted by atomic mass is 10.2. The van der Waals surface area contributed by atoms with Gasteiger partial charge in [-0.3, -0.25) is 14.2 Å². The molecule has 0 radical (unpaired) electrons. The Balaban J connectivity index is 1.47. The summed E-state index contributed by atoms with van der Waals surface area (Å²) >= 11 is 7.03. The van der Waals surface area contributed by atoms with Gasteiger partial charge in [-0.25, -0.2) is 4.79 Å². The molecule has 2 N–H and O–H groups in total. The number of nitrogens with zero attached hydrogens (tertiary/aromatic N) is 3. The molecular weight excluding hydrogens is 610 g/mol.